The van der Waals surface area contributed by atoms with Crippen molar-refractivity contribution in [3.05, 3.63) is 66.4 Å². The Balaban J connectivity index is 1.41. The summed E-state index contributed by atoms with van der Waals surface area (Å²) in [6, 6.07) is 15.4. The van der Waals surface area contributed by atoms with Crippen molar-refractivity contribution in [3.63, 3.8) is 0 Å². The predicted molar refractivity (Wildman–Crippen MR) is 135 cm³/mol. The Bertz CT molecular complexity index is 1350. The molecule has 4 bridgehead atoms. The molecule has 0 fully saturated rings. The number of amides is 2. The Morgan fingerprint density at radius 2 is 1.94 bits per heavy atom. The summed E-state index contributed by atoms with van der Waals surface area (Å²) in [5.74, 6) is 6.93. The lowest BCUT2D eigenvalue weighted by molar-refractivity contribution is 0.252. The number of carbonyl (C=O) groups excluding carboxylic acids is 1. The average Bonchev–Trinajstić information content (AvgIpc) is 2.85. The number of nitrogens with one attached hydrogen (secondary N) is 5. The molecule has 2 amide bonds. The van der Waals surface area contributed by atoms with E-state index in [2.05, 4.69) is 47.8 Å². The van der Waals surface area contributed by atoms with Gasteiger partial charge in [-0.1, -0.05) is 36.1 Å². The summed E-state index contributed by atoms with van der Waals surface area (Å²) in [5, 5.41) is 11.8. The van der Waals surface area contributed by atoms with Crippen molar-refractivity contribution in [2.75, 3.05) is 35.6 Å². The molecule has 5 N–H and O–H groups in total. The van der Waals surface area contributed by atoms with Crippen molar-refractivity contribution in [1.29, 1.82) is 0 Å². The van der Waals surface area contributed by atoms with Crippen LogP contribution in [0.1, 0.15) is 18.4 Å². The zero-order valence-corrected chi connectivity index (χ0v) is 19.7. The van der Waals surface area contributed by atoms with Crippen LogP contribution >= 0.6 is 0 Å². The molecule has 0 spiro atoms. The van der Waals surface area contributed by atoms with E-state index < -0.39 is 10.0 Å². The Kier molecular flexibility index (Phi) is 7.77. The van der Waals surface area contributed by atoms with Gasteiger partial charge in [0.25, 0.3) is 0 Å². The molecule has 2 aromatic carbocycles. The minimum Gasteiger partial charge on any atom is -0.369 e. The molecule has 0 atom stereocenters. The summed E-state index contributed by atoms with van der Waals surface area (Å²) in [5.41, 5.74) is 1.87. The maximum Gasteiger partial charge on any atom is 0.319 e. The van der Waals surface area contributed by atoms with Crippen LogP contribution < -0.4 is 26.0 Å². The zero-order chi connectivity index (χ0) is 24.5. The molecule has 0 saturated heterocycles. The van der Waals surface area contributed by atoms with E-state index >= 15 is 0 Å². The van der Waals surface area contributed by atoms with E-state index in [1.807, 2.05) is 30.3 Å². The van der Waals surface area contributed by atoms with Crippen LogP contribution in [-0.2, 0) is 10.0 Å². The van der Waals surface area contributed by atoms with E-state index in [0.29, 0.717) is 54.6 Å². The summed E-state index contributed by atoms with van der Waals surface area (Å²) in [4.78, 5) is 21.0. The Morgan fingerprint density at radius 1 is 1.09 bits per heavy atom. The summed E-state index contributed by atoms with van der Waals surface area (Å²) in [7, 11) is -3.60. The van der Waals surface area contributed by atoms with Gasteiger partial charge in [-0.05, 0) is 36.8 Å². The van der Waals surface area contributed by atoms with Gasteiger partial charge in [0.05, 0.1) is 16.7 Å². The van der Waals surface area contributed by atoms with E-state index in [9.17, 15) is 13.2 Å². The molecular formula is C24H25N7O3S. The second kappa shape index (κ2) is 11.3. The second-order valence-electron chi connectivity index (χ2n) is 7.59. The fraction of sp³-hybridized carbons (Fsp3) is 0.208. The minimum atomic E-state index is -3.60. The number of benzene rings is 2. The van der Waals surface area contributed by atoms with Crippen LogP contribution in [0.25, 0.3) is 0 Å². The molecule has 2 heterocycles. The van der Waals surface area contributed by atoms with Crippen LogP contribution in [-0.4, -0.2) is 44.1 Å². The third-order valence-corrected chi connectivity index (χ3v) is 6.38. The number of hydrogen-bond donors (Lipinski definition) is 5. The van der Waals surface area contributed by atoms with Crippen molar-refractivity contribution in [2.24, 2.45) is 0 Å². The van der Waals surface area contributed by atoms with E-state index in [0.717, 1.165) is 0 Å². The Morgan fingerprint density at radius 3 is 2.80 bits per heavy atom. The third-order valence-electron chi connectivity index (χ3n) is 4.92. The molecule has 180 valence electrons. The lowest BCUT2D eigenvalue weighted by atomic mass is 10.2. The van der Waals surface area contributed by atoms with Crippen molar-refractivity contribution in [1.82, 2.24) is 20.0 Å². The van der Waals surface area contributed by atoms with Gasteiger partial charge in [-0.25, -0.2) is 22.9 Å². The second-order valence-corrected chi connectivity index (χ2v) is 9.35. The maximum absolute atomic E-state index is 12.5. The standard InChI is InChI=1S/C24H25N7O3S/c32-24(30-19-9-2-1-3-10-19)26-13-5-4-8-18-17-27-23-29-20-11-6-12-21(16-20)35(33,34)28-15-7-14-25-22(18)31-23/h1-3,6,9-12,16-17,28H,5,7,13-15H2,(H2,26,30,32)(H2,25,27,29,31). The third kappa shape index (κ3) is 6.92. The van der Waals surface area contributed by atoms with Crippen molar-refractivity contribution >= 4 is 39.2 Å². The van der Waals surface area contributed by atoms with E-state index in [1.165, 1.54) is 12.1 Å². The largest absolute Gasteiger partial charge is 0.369 e. The molecule has 0 radical (unpaired) electrons. The number of hydrogen-bond acceptors (Lipinski definition) is 7. The highest BCUT2D eigenvalue weighted by Crippen LogP contribution is 2.20. The molecule has 3 aromatic rings. The van der Waals surface area contributed by atoms with Gasteiger partial charge in [0, 0.05) is 37.4 Å². The summed E-state index contributed by atoms with van der Waals surface area (Å²) in [6.45, 7) is 1.15. The van der Waals surface area contributed by atoms with Gasteiger partial charge in [-0.3, -0.25) is 0 Å². The molecule has 1 aromatic heterocycles. The fourth-order valence-corrected chi connectivity index (χ4v) is 4.34. The van der Waals surface area contributed by atoms with Crippen molar-refractivity contribution in [3.8, 4) is 11.8 Å². The first-order valence-electron chi connectivity index (χ1n) is 11.1. The zero-order valence-electron chi connectivity index (χ0n) is 18.8. The first-order chi connectivity index (χ1) is 17.0. The van der Waals surface area contributed by atoms with Crippen LogP contribution in [0.15, 0.2) is 65.7 Å². The highest BCUT2D eigenvalue weighted by atomic mass is 32.2. The van der Waals surface area contributed by atoms with Gasteiger partial charge in [-0.2, -0.15) is 4.98 Å². The monoisotopic (exact) mass is 491 g/mol. The molecule has 1 aliphatic heterocycles. The van der Waals surface area contributed by atoms with Crippen LogP contribution in [0.5, 0.6) is 0 Å². The molecular weight excluding hydrogens is 466 g/mol. The highest BCUT2D eigenvalue weighted by Gasteiger charge is 2.15. The fourth-order valence-electron chi connectivity index (χ4n) is 3.22. The molecule has 0 aliphatic carbocycles. The number of urea groups is 1. The lowest BCUT2D eigenvalue weighted by Gasteiger charge is -2.10. The SMILES string of the molecule is O=C(NCCC#Cc1cnc2nc1NCCCNS(=O)(=O)c1cccc(c1)N2)Nc1ccccc1. The van der Waals surface area contributed by atoms with Crippen LogP contribution in [0.3, 0.4) is 0 Å². The molecule has 0 unspecified atom stereocenters. The van der Waals surface area contributed by atoms with Gasteiger partial charge < -0.3 is 21.3 Å². The number of para-hydroxylation sites is 1. The van der Waals surface area contributed by atoms with Crippen molar-refractivity contribution in [2.45, 2.75) is 17.7 Å². The smallest absolute Gasteiger partial charge is 0.319 e. The Hall–Kier alpha value is -4.14. The number of anilines is 4. The van der Waals surface area contributed by atoms with Crippen LogP contribution in [0.4, 0.5) is 27.9 Å². The van der Waals surface area contributed by atoms with E-state index in [-0.39, 0.29) is 17.5 Å². The highest BCUT2D eigenvalue weighted by molar-refractivity contribution is 7.89. The average molecular weight is 492 g/mol. The summed E-state index contributed by atoms with van der Waals surface area (Å²) >= 11 is 0. The number of rotatable bonds is 3. The predicted octanol–water partition coefficient (Wildman–Crippen LogP) is 2.88. The van der Waals surface area contributed by atoms with Crippen LogP contribution in [0.2, 0.25) is 0 Å². The number of fused-ring (bicyclic) bond motifs is 4. The van der Waals surface area contributed by atoms with Gasteiger partial charge in [-0.15, -0.1) is 0 Å². The number of carbonyl (C=O) groups is 1. The number of nitrogens with zero attached hydrogens (tertiary/aromatic N) is 2. The van der Waals surface area contributed by atoms with Crippen molar-refractivity contribution < 1.29 is 13.2 Å². The van der Waals surface area contributed by atoms with E-state index in [1.54, 1.807) is 18.3 Å². The lowest BCUT2D eigenvalue weighted by Crippen LogP contribution is -2.29. The molecule has 35 heavy (non-hydrogen) atoms. The van der Waals surface area contributed by atoms with Crippen LogP contribution in [0, 0.1) is 11.8 Å². The normalized spacial score (nSPS) is 14.3. The van der Waals surface area contributed by atoms with Gasteiger partial charge >= 0.3 is 6.03 Å². The Labute approximate surface area is 204 Å². The van der Waals surface area contributed by atoms with Gasteiger partial charge in [0.15, 0.2) is 0 Å². The molecule has 10 nitrogen and oxygen atoms in total. The summed E-state index contributed by atoms with van der Waals surface area (Å²) < 4.78 is 27.6. The molecule has 11 heteroatoms. The molecule has 4 rings (SSSR count). The quantitative estimate of drug-likeness (QED) is 0.281. The maximum atomic E-state index is 12.5. The first kappa shape index (κ1) is 24.0. The molecule has 0 saturated carbocycles. The minimum absolute atomic E-state index is 0.170. The number of sulfonamides is 1. The number of aromatic nitrogens is 2. The van der Waals surface area contributed by atoms with E-state index in [4.69, 9.17) is 0 Å². The topological polar surface area (TPSA) is 137 Å². The molecule has 1 aliphatic rings. The first-order valence-corrected chi connectivity index (χ1v) is 12.5. The van der Waals surface area contributed by atoms with Gasteiger partial charge in [0.1, 0.15) is 5.82 Å². The summed E-state index contributed by atoms with van der Waals surface area (Å²) in [6.07, 6.45) is 2.61. The van der Waals surface area contributed by atoms with Gasteiger partial charge in [0.2, 0.25) is 16.0 Å².